The summed E-state index contributed by atoms with van der Waals surface area (Å²) in [6.07, 6.45) is 1.48. The van der Waals surface area contributed by atoms with Crippen LogP contribution in [-0.2, 0) is 10.0 Å². The maximum absolute atomic E-state index is 13.8. The second-order valence-corrected chi connectivity index (χ2v) is 10.9. The summed E-state index contributed by atoms with van der Waals surface area (Å²) in [6, 6.07) is 27.8. The summed E-state index contributed by atoms with van der Waals surface area (Å²) < 4.78 is 28.5. The standard InChI is InChI=1S/C27H21Cl2N5O2S/c28-21-11-9-20(10-12-21)26-24(19-6-2-1-3-7-19)18-33(32-26)27(30)34(25-8-4-5-17-31-25)37(35,36)23-15-13-22(29)14-16-23/h1-17,24,30H,18H2. The number of hydrazone groups is 1. The molecule has 7 nitrogen and oxygen atoms in total. The van der Waals surface area contributed by atoms with Crippen LogP contribution in [-0.4, -0.2) is 36.6 Å². The van der Waals surface area contributed by atoms with E-state index in [0.717, 1.165) is 15.4 Å². The van der Waals surface area contributed by atoms with Gasteiger partial charge in [0.15, 0.2) is 0 Å². The monoisotopic (exact) mass is 549 g/mol. The van der Waals surface area contributed by atoms with E-state index in [1.54, 1.807) is 24.3 Å². The van der Waals surface area contributed by atoms with Crippen molar-refractivity contribution in [1.82, 2.24) is 9.99 Å². The third-order valence-corrected chi connectivity index (χ3v) is 8.11. The van der Waals surface area contributed by atoms with Gasteiger partial charge in [-0.2, -0.15) is 9.41 Å². The van der Waals surface area contributed by atoms with Crippen molar-refractivity contribution in [3.05, 3.63) is 124 Å². The van der Waals surface area contributed by atoms with Crippen molar-refractivity contribution in [1.29, 1.82) is 5.41 Å². The van der Waals surface area contributed by atoms with Gasteiger partial charge in [-0.25, -0.2) is 18.4 Å². The maximum Gasteiger partial charge on any atom is 0.272 e. The van der Waals surface area contributed by atoms with E-state index in [0.29, 0.717) is 15.8 Å². The molecule has 1 atom stereocenters. The summed E-state index contributed by atoms with van der Waals surface area (Å²) in [5.74, 6) is -0.473. The Morgan fingerprint density at radius 1 is 0.865 bits per heavy atom. The molecule has 10 heteroatoms. The van der Waals surface area contributed by atoms with E-state index >= 15 is 0 Å². The van der Waals surface area contributed by atoms with Gasteiger partial charge in [-0.1, -0.05) is 71.7 Å². The molecule has 1 aliphatic rings. The van der Waals surface area contributed by atoms with Crippen molar-refractivity contribution in [3.63, 3.8) is 0 Å². The molecule has 1 aromatic heterocycles. The van der Waals surface area contributed by atoms with Gasteiger partial charge in [0.1, 0.15) is 5.82 Å². The van der Waals surface area contributed by atoms with E-state index in [1.165, 1.54) is 41.5 Å². The number of hydrogen-bond donors (Lipinski definition) is 1. The average Bonchev–Trinajstić information content (AvgIpc) is 3.36. The molecule has 186 valence electrons. The van der Waals surface area contributed by atoms with Crippen LogP contribution in [0.1, 0.15) is 17.0 Å². The Kier molecular flexibility index (Phi) is 6.97. The molecule has 0 radical (unpaired) electrons. The zero-order valence-electron chi connectivity index (χ0n) is 19.4. The molecule has 1 aliphatic heterocycles. The largest absolute Gasteiger partial charge is 0.272 e. The van der Waals surface area contributed by atoms with Crippen molar-refractivity contribution in [2.45, 2.75) is 10.8 Å². The molecule has 0 amide bonds. The third-order valence-electron chi connectivity index (χ3n) is 5.90. The highest BCUT2D eigenvalue weighted by Crippen LogP contribution is 2.32. The Bertz CT molecular complexity index is 1550. The van der Waals surface area contributed by atoms with Crippen LogP contribution in [0.5, 0.6) is 0 Å². The van der Waals surface area contributed by atoms with E-state index in [9.17, 15) is 8.42 Å². The predicted molar refractivity (Wildman–Crippen MR) is 147 cm³/mol. The van der Waals surface area contributed by atoms with E-state index in [-0.39, 0.29) is 29.1 Å². The zero-order valence-corrected chi connectivity index (χ0v) is 21.7. The summed E-state index contributed by atoms with van der Waals surface area (Å²) in [5, 5.41) is 16.2. The third kappa shape index (κ3) is 5.09. The predicted octanol–water partition coefficient (Wildman–Crippen LogP) is 6.02. The quantitative estimate of drug-likeness (QED) is 0.243. The molecular formula is C27H21Cl2N5O2S. The molecule has 0 aliphatic carbocycles. The number of guanidine groups is 1. The highest BCUT2D eigenvalue weighted by atomic mass is 35.5. The number of rotatable bonds is 5. The van der Waals surface area contributed by atoms with Crippen molar-refractivity contribution >= 4 is 50.7 Å². The van der Waals surface area contributed by atoms with E-state index in [4.69, 9.17) is 33.7 Å². The van der Waals surface area contributed by atoms with Crippen LogP contribution in [0.15, 0.2) is 113 Å². The molecule has 0 spiro atoms. The van der Waals surface area contributed by atoms with E-state index in [2.05, 4.69) is 4.98 Å². The lowest BCUT2D eigenvalue weighted by atomic mass is 9.91. The van der Waals surface area contributed by atoms with E-state index in [1.807, 2.05) is 42.5 Å². The van der Waals surface area contributed by atoms with Crippen LogP contribution in [0.3, 0.4) is 0 Å². The highest BCUT2D eigenvalue weighted by Gasteiger charge is 2.38. The topological polar surface area (TPSA) is 89.7 Å². The summed E-state index contributed by atoms with van der Waals surface area (Å²) >= 11 is 12.1. The number of sulfonamides is 1. The first kappa shape index (κ1) is 25.0. The van der Waals surface area contributed by atoms with Crippen molar-refractivity contribution in [3.8, 4) is 0 Å². The SMILES string of the molecule is N=C(N1CC(c2ccccc2)C(c2ccc(Cl)cc2)=N1)N(c1ccccn1)S(=O)(=O)c1ccc(Cl)cc1. The molecule has 1 unspecified atom stereocenters. The van der Waals surface area contributed by atoms with Crippen molar-refractivity contribution < 1.29 is 8.42 Å². The average molecular weight is 550 g/mol. The molecule has 37 heavy (non-hydrogen) atoms. The Balaban J connectivity index is 1.59. The minimum absolute atomic E-state index is 0.0204. The Morgan fingerprint density at radius 3 is 2.11 bits per heavy atom. The lowest BCUT2D eigenvalue weighted by Crippen LogP contribution is -2.45. The summed E-state index contributed by atoms with van der Waals surface area (Å²) in [5.41, 5.74) is 2.53. The first-order valence-electron chi connectivity index (χ1n) is 11.3. The van der Waals surface area contributed by atoms with Crippen molar-refractivity contribution in [2.75, 3.05) is 10.8 Å². The Labute approximate surface area is 225 Å². The molecule has 3 aromatic carbocycles. The number of pyridine rings is 1. The van der Waals surface area contributed by atoms with Gasteiger partial charge >= 0.3 is 0 Å². The molecule has 4 aromatic rings. The lowest BCUT2D eigenvalue weighted by Gasteiger charge is -2.27. The maximum atomic E-state index is 13.8. The fourth-order valence-corrected chi connectivity index (χ4v) is 5.72. The van der Waals surface area contributed by atoms with Crippen LogP contribution < -0.4 is 4.31 Å². The van der Waals surface area contributed by atoms with Gasteiger partial charge in [0.05, 0.1) is 17.2 Å². The lowest BCUT2D eigenvalue weighted by molar-refractivity contribution is 0.465. The number of anilines is 1. The minimum Gasteiger partial charge on any atom is -0.266 e. The highest BCUT2D eigenvalue weighted by molar-refractivity contribution is 7.93. The fourth-order valence-electron chi connectivity index (χ4n) is 4.10. The molecule has 0 bridgehead atoms. The first-order chi connectivity index (χ1) is 17.8. The van der Waals surface area contributed by atoms with Gasteiger partial charge < -0.3 is 0 Å². The molecule has 2 heterocycles. The Morgan fingerprint density at radius 2 is 1.49 bits per heavy atom. The fraction of sp³-hybridized carbons (Fsp3) is 0.0741. The van der Waals surface area contributed by atoms with Crippen LogP contribution in [0.25, 0.3) is 0 Å². The number of benzene rings is 3. The van der Waals surface area contributed by atoms with Gasteiger partial charge in [-0.05, 0) is 59.7 Å². The van der Waals surface area contributed by atoms with Crippen molar-refractivity contribution in [2.24, 2.45) is 5.10 Å². The minimum atomic E-state index is -4.22. The number of halogens is 2. The van der Waals surface area contributed by atoms with Crippen LogP contribution in [0.2, 0.25) is 10.0 Å². The number of aromatic nitrogens is 1. The van der Waals surface area contributed by atoms with Gasteiger partial charge in [-0.3, -0.25) is 5.41 Å². The smallest absolute Gasteiger partial charge is 0.266 e. The summed E-state index contributed by atoms with van der Waals surface area (Å²) in [4.78, 5) is 4.21. The molecule has 0 saturated heterocycles. The summed E-state index contributed by atoms with van der Waals surface area (Å²) in [7, 11) is -4.22. The number of nitrogens with one attached hydrogen (secondary N) is 1. The van der Waals surface area contributed by atoms with Gasteiger partial charge in [0.2, 0.25) is 5.96 Å². The van der Waals surface area contributed by atoms with Gasteiger partial charge in [-0.15, -0.1) is 0 Å². The normalized spacial score (nSPS) is 15.4. The first-order valence-corrected chi connectivity index (χ1v) is 13.5. The van der Waals surface area contributed by atoms with Gasteiger partial charge in [0, 0.05) is 22.2 Å². The van der Waals surface area contributed by atoms with Crippen LogP contribution >= 0.6 is 23.2 Å². The second kappa shape index (κ2) is 10.3. The molecule has 1 N–H and O–H groups in total. The molecular weight excluding hydrogens is 529 g/mol. The molecule has 0 fully saturated rings. The van der Waals surface area contributed by atoms with E-state index < -0.39 is 10.0 Å². The molecule has 0 saturated carbocycles. The van der Waals surface area contributed by atoms with Gasteiger partial charge in [0.25, 0.3) is 10.0 Å². The summed E-state index contributed by atoms with van der Waals surface area (Å²) in [6.45, 7) is 0.264. The molecule has 5 rings (SSSR count). The van der Waals surface area contributed by atoms with Crippen LogP contribution in [0.4, 0.5) is 5.82 Å². The number of nitrogens with zero attached hydrogens (tertiary/aromatic N) is 4. The Hall–Kier alpha value is -3.72. The van der Waals surface area contributed by atoms with Crippen LogP contribution in [0, 0.1) is 5.41 Å². The zero-order chi connectivity index (χ0) is 26.0. The second-order valence-electron chi connectivity index (χ2n) is 8.27. The number of hydrogen-bond acceptors (Lipinski definition) is 5.